The molecule has 0 saturated heterocycles. The van der Waals surface area contributed by atoms with Crippen LogP contribution in [0.3, 0.4) is 0 Å². The van der Waals surface area contributed by atoms with E-state index in [0.717, 1.165) is 12.3 Å². The highest BCUT2D eigenvalue weighted by Crippen LogP contribution is 2.41. The number of halogens is 3. The second kappa shape index (κ2) is 7.96. The molecule has 3 N–H and O–H groups in total. The van der Waals surface area contributed by atoms with Crippen molar-refractivity contribution in [2.24, 2.45) is 5.73 Å². The van der Waals surface area contributed by atoms with E-state index >= 15 is 0 Å². The van der Waals surface area contributed by atoms with Crippen molar-refractivity contribution in [1.29, 1.82) is 0 Å². The Morgan fingerprint density at radius 3 is 2.58 bits per heavy atom. The van der Waals surface area contributed by atoms with Gasteiger partial charge in [-0.15, -0.1) is 0 Å². The molecule has 1 saturated carbocycles. The number of benzene rings is 1. The molecular weight excluding hydrogens is 369 g/mol. The van der Waals surface area contributed by atoms with Gasteiger partial charge in [-0.05, 0) is 30.9 Å². The smallest absolute Gasteiger partial charge is 0.351 e. The summed E-state index contributed by atoms with van der Waals surface area (Å²) in [4.78, 5) is 12.2. The lowest BCUT2D eigenvalue weighted by molar-refractivity contribution is -0.138. The summed E-state index contributed by atoms with van der Waals surface area (Å²) < 4.78 is 62.2. The first-order chi connectivity index (χ1) is 12.0. The van der Waals surface area contributed by atoms with Crippen LogP contribution in [0.2, 0.25) is 0 Å². The highest BCUT2D eigenvalue weighted by molar-refractivity contribution is 7.90. The molecule has 146 valence electrons. The van der Waals surface area contributed by atoms with Crippen LogP contribution in [-0.2, 0) is 20.8 Å². The summed E-state index contributed by atoms with van der Waals surface area (Å²) in [7, 11) is -3.24. The normalized spacial score (nSPS) is 22.2. The van der Waals surface area contributed by atoms with Crippen LogP contribution >= 0.6 is 0 Å². The number of sulfone groups is 1. The second-order valence-corrected chi connectivity index (χ2v) is 9.02. The van der Waals surface area contributed by atoms with Crippen LogP contribution < -0.4 is 11.1 Å². The first-order valence-electron chi connectivity index (χ1n) is 8.39. The Morgan fingerprint density at radius 2 is 1.96 bits per heavy atom. The molecule has 0 bridgehead atoms. The molecule has 1 aliphatic carbocycles. The van der Waals surface area contributed by atoms with Crippen molar-refractivity contribution in [3.8, 4) is 0 Å². The fraction of sp³-hybridized carbons (Fsp3) is 0.588. The summed E-state index contributed by atoms with van der Waals surface area (Å²) in [5.41, 5.74) is 5.22. The standard InChI is InChI=1S/C17H23F3N2O3S/c1-26(24,25)10-9-14(21)16(23)22-15-8-4-6-12(15)11-5-2-3-7-13(11)17(18,19)20/h2-3,5,7,12,14-15H,4,6,8-10,21H2,1H3,(H,22,23). The van der Waals surface area contributed by atoms with Crippen molar-refractivity contribution in [3.63, 3.8) is 0 Å². The number of hydrogen-bond acceptors (Lipinski definition) is 4. The molecule has 1 aromatic rings. The van der Waals surface area contributed by atoms with Crippen LogP contribution in [0.1, 0.15) is 42.7 Å². The van der Waals surface area contributed by atoms with Crippen molar-refractivity contribution in [2.45, 2.75) is 49.9 Å². The molecule has 9 heteroatoms. The highest BCUT2D eigenvalue weighted by atomic mass is 32.2. The molecule has 26 heavy (non-hydrogen) atoms. The predicted molar refractivity (Wildman–Crippen MR) is 92.3 cm³/mol. The van der Waals surface area contributed by atoms with E-state index in [9.17, 15) is 26.4 Å². The lowest BCUT2D eigenvalue weighted by Gasteiger charge is -2.25. The summed E-state index contributed by atoms with van der Waals surface area (Å²) in [6.07, 6.45) is -1.64. The highest BCUT2D eigenvalue weighted by Gasteiger charge is 2.39. The van der Waals surface area contributed by atoms with Crippen molar-refractivity contribution in [1.82, 2.24) is 5.32 Å². The van der Waals surface area contributed by atoms with E-state index in [1.54, 1.807) is 6.07 Å². The zero-order chi connectivity index (χ0) is 19.5. The van der Waals surface area contributed by atoms with E-state index in [1.165, 1.54) is 12.1 Å². The van der Waals surface area contributed by atoms with Gasteiger partial charge >= 0.3 is 6.18 Å². The van der Waals surface area contributed by atoms with Gasteiger partial charge in [-0.3, -0.25) is 4.79 Å². The Bertz CT molecular complexity index is 750. The molecule has 0 aromatic heterocycles. The third-order valence-electron chi connectivity index (χ3n) is 4.65. The fourth-order valence-corrected chi connectivity index (χ4v) is 4.03. The van der Waals surface area contributed by atoms with Crippen LogP contribution in [0.15, 0.2) is 24.3 Å². The molecule has 0 aliphatic heterocycles. The Balaban J connectivity index is 2.11. The van der Waals surface area contributed by atoms with Crippen molar-refractivity contribution in [2.75, 3.05) is 12.0 Å². The van der Waals surface area contributed by atoms with E-state index in [4.69, 9.17) is 5.73 Å². The number of alkyl halides is 3. The van der Waals surface area contributed by atoms with Gasteiger partial charge in [0, 0.05) is 18.2 Å². The number of hydrogen-bond donors (Lipinski definition) is 2. The molecule has 1 fully saturated rings. The van der Waals surface area contributed by atoms with E-state index in [1.807, 2.05) is 0 Å². The summed E-state index contributed by atoms with van der Waals surface area (Å²) >= 11 is 0. The van der Waals surface area contributed by atoms with E-state index in [-0.39, 0.29) is 17.7 Å². The van der Waals surface area contributed by atoms with E-state index < -0.39 is 45.5 Å². The van der Waals surface area contributed by atoms with Gasteiger partial charge in [0.05, 0.1) is 17.4 Å². The lowest BCUT2D eigenvalue weighted by Crippen LogP contribution is -2.46. The second-order valence-electron chi connectivity index (χ2n) is 6.76. The number of amides is 1. The average molecular weight is 392 g/mol. The summed E-state index contributed by atoms with van der Waals surface area (Å²) in [5, 5.41) is 2.72. The zero-order valence-corrected chi connectivity index (χ0v) is 15.2. The number of nitrogens with two attached hydrogens (primary N) is 1. The fourth-order valence-electron chi connectivity index (χ4n) is 3.35. The summed E-state index contributed by atoms with van der Waals surface area (Å²) in [5.74, 6) is -1.19. The maximum atomic E-state index is 13.3. The Morgan fingerprint density at radius 1 is 1.31 bits per heavy atom. The Hall–Kier alpha value is -1.61. The summed E-state index contributed by atoms with van der Waals surface area (Å²) in [6.45, 7) is 0. The molecule has 1 aromatic carbocycles. The van der Waals surface area contributed by atoms with Crippen molar-refractivity contribution >= 4 is 15.7 Å². The third-order valence-corrected chi connectivity index (χ3v) is 5.62. The van der Waals surface area contributed by atoms with E-state index in [2.05, 4.69) is 5.32 Å². The molecular formula is C17H23F3N2O3S. The minimum absolute atomic E-state index is 0.0266. The number of carbonyl (C=O) groups excluding carboxylic acids is 1. The zero-order valence-electron chi connectivity index (χ0n) is 14.4. The van der Waals surface area contributed by atoms with Crippen molar-refractivity contribution < 1.29 is 26.4 Å². The average Bonchev–Trinajstić information content (AvgIpc) is 2.99. The first-order valence-corrected chi connectivity index (χ1v) is 10.4. The van der Waals surface area contributed by atoms with Gasteiger partial charge in [0.1, 0.15) is 9.84 Å². The van der Waals surface area contributed by atoms with Crippen LogP contribution in [0, 0.1) is 0 Å². The Kier molecular flexibility index (Phi) is 6.33. The van der Waals surface area contributed by atoms with Crippen LogP contribution in [0.5, 0.6) is 0 Å². The number of nitrogens with one attached hydrogen (secondary N) is 1. The minimum atomic E-state index is -4.46. The number of rotatable bonds is 6. The molecule has 5 nitrogen and oxygen atoms in total. The SMILES string of the molecule is CS(=O)(=O)CCC(N)C(=O)NC1CCCC1c1ccccc1C(F)(F)F. The molecule has 1 amide bonds. The number of carbonyl (C=O) groups is 1. The molecule has 1 aliphatic rings. The van der Waals surface area contributed by atoms with Gasteiger partial charge in [0.25, 0.3) is 0 Å². The topological polar surface area (TPSA) is 89.3 Å². The minimum Gasteiger partial charge on any atom is -0.351 e. The largest absolute Gasteiger partial charge is 0.416 e. The molecule has 0 radical (unpaired) electrons. The van der Waals surface area contributed by atoms with Crippen LogP contribution in [0.25, 0.3) is 0 Å². The Labute approximate surface area is 151 Å². The predicted octanol–water partition coefficient (Wildman–Crippen LogP) is 2.22. The third kappa shape index (κ3) is 5.44. The van der Waals surface area contributed by atoms with Gasteiger partial charge < -0.3 is 11.1 Å². The molecule has 3 atom stereocenters. The van der Waals surface area contributed by atoms with Crippen LogP contribution in [-0.4, -0.2) is 38.4 Å². The van der Waals surface area contributed by atoms with Gasteiger partial charge in [-0.2, -0.15) is 13.2 Å². The quantitative estimate of drug-likeness (QED) is 0.777. The maximum Gasteiger partial charge on any atom is 0.416 e. The van der Waals surface area contributed by atoms with Gasteiger partial charge in [-0.25, -0.2) is 8.42 Å². The van der Waals surface area contributed by atoms with Gasteiger partial charge in [0.15, 0.2) is 0 Å². The molecule has 2 rings (SSSR count). The lowest BCUT2D eigenvalue weighted by atomic mass is 9.89. The van der Waals surface area contributed by atoms with Gasteiger partial charge in [-0.1, -0.05) is 24.6 Å². The molecule has 0 heterocycles. The van der Waals surface area contributed by atoms with Crippen LogP contribution in [0.4, 0.5) is 13.2 Å². The maximum absolute atomic E-state index is 13.3. The first kappa shape index (κ1) is 20.7. The van der Waals surface area contributed by atoms with Crippen molar-refractivity contribution in [3.05, 3.63) is 35.4 Å². The molecule has 3 unspecified atom stereocenters. The van der Waals surface area contributed by atoms with Gasteiger partial charge in [0.2, 0.25) is 5.91 Å². The van der Waals surface area contributed by atoms with E-state index in [0.29, 0.717) is 19.3 Å². The monoisotopic (exact) mass is 392 g/mol. The summed E-state index contributed by atoms with van der Waals surface area (Å²) in [6, 6.07) is 3.93. The molecule has 0 spiro atoms.